The van der Waals surface area contributed by atoms with Crippen molar-refractivity contribution >= 4 is 32.9 Å². The summed E-state index contributed by atoms with van der Waals surface area (Å²) in [5, 5.41) is 0. The van der Waals surface area contributed by atoms with E-state index in [4.69, 9.17) is 17.0 Å². The summed E-state index contributed by atoms with van der Waals surface area (Å²) in [6, 6.07) is 8.17. The first-order valence-electron chi connectivity index (χ1n) is 4.46. The molecule has 0 saturated heterocycles. The molecule has 2 rings (SSSR count). The first kappa shape index (κ1) is 10.8. The average Bonchev–Trinajstić information content (AvgIpc) is 2.64. The van der Waals surface area contributed by atoms with Crippen LogP contribution < -0.4 is 4.74 Å². The fraction of sp³-hybridized carbons (Fsp3) is 0.182. The second-order valence-corrected chi connectivity index (χ2v) is 6.09. The van der Waals surface area contributed by atoms with Gasteiger partial charge in [-0.15, -0.1) is 0 Å². The maximum atomic E-state index is 5.18. The summed E-state index contributed by atoms with van der Waals surface area (Å²) < 4.78 is 6.13. The lowest BCUT2D eigenvalue weighted by Crippen LogP contribution is -1.85. The Labute approximate surface area is 101 Å². The highest BCUT2D eigenvalue weighted by atomic mass is 32.9. The topological polar surface area (TPSA) is 9.23 Å². The molecule has 0 spiro atoms. The summed E-state index contributed by atoms with van der Waals surface area (Å²) >= 11 is 5.13. The van der Waals surface area contributed by atoms with Crippen molar-refractivity contribution in [2.24, 2.45) is 0 Å². The second kappa shape index (κ2) is 4.43. The first-order chi connectivity index (χ1) is 7.20. The molecule has 15 heavy (non-hydrogen) atoms. The highest BCUT2D eigenvalue weighted by Gasteiger charge is 2.05. The molecule has 1 aromatic heterocycles. The monoisotopic (exact) mass is 254 g/mol. The van der Waals surface area contributed by atoms with Crippen LogP contribution in [-0.2, 0) is 0 Å². The highest BCUT2D eigenvalue weighted by molar-refractivity contribution is 7.80. The lowest BCUT2D eigenvalue weighted by Gasteiger charge is -2.05. The van der Waals surface area contributed by atoms with Gasteiger partial charge in [0.25, 0.3) is 0 Å². The second-order valence-electron chi connectivity index (χ2n) is 3.18. The number of methoxy groups -OCH3 is 1. The minimum atomic E-state index is 0.898. The molecule has 1 heterocycles. The fourth-order valence-electron chi connectivity index (χ4n) is 1.40. The maximum Gasteiger partial charge on any atom is 0.119 e. The Bertz CT molecular complexity index is 525. The van der Waals surface area contributed by atoms with Crippen LogP contribution >= 0.6 is 32.9 Å². The molecule has 0 fully saturated rings. The molecule has 0 saturated carbocycles. The molecule has 0 radical (unpaired) electrons. The standard InChI is InChI=1S/C11H10OS3/c1-7-5-8(12-2)3-4-9(7)10-6-11(13)15-14-10/h3-6H,1-2H3. The van der Waals surface area contributed by atoms with Crippen molar-refractivity contribution in [3.63, 3.8) is 0 Å². The molecule has 0 unspecified atom stereocenters. The van der Waals surface area contributed by atoms with E-state index < -0.39 is 0 Å². The van der Waals surface area contributed by atoms with Gasteiger partial charge in [0.15, 0.2) is 0 Å². The minimum Gasteiger partial charge on any atom is -0.497 e. The van der Waals surface area contributed by atoms with E-state index in [0.29, 0.717) is 0 Å². The predicted molar refractivity (Wildman–Crippen MR) is 69.8 cm³/mol. The van der Waals surface area contributed by atoms with E-state index in [1.165, 1.54) is 16.0 Å². The van der Waals surface area contributed by atoms with Gasteiger partial charge in [0.05, 0.1) is 7.11 Å². The molecule has 0 amide bonds. The molecule has 0 aliphatic rings. The zero-order valence-corrected chi connectivity index (χ0v) is 10.9. The molecular formula is C11H10OS3. The van der Waals surface area contributed by atoms with E-state index in [0.717, 1.165) is 9.57 Å². The number of ether oxygens (including phenoxy) is 1. The van der Waals surface area contributed by atoms with Crippen LogP contribution in [0.5, 0.6) is 5.75 Å². The summed E-state index contributed by atoms with van der Waals surface area (Å²) in [6.07, 6.45) is 0. The van der Waals surface area contributed by atoms with Gasteiger partial charge in [0, 0.05) is 4.88 Å². The first-order valence-corrected chi connectivity index (χ1v) is 7.01. The van der Waals surface area contributed by atoms with E-state index in [-0.39, 0.29) is 0 Å². The van der Waals surface area contributed by atoms with Crippen molar-refractivity contribution in [3.8, 4) is 16.2 Å². The number of rotatable bonds is 2. The Hall–Kier alpha value is -0.710. The average molecular weight is 254 g/mol. The molecule has 2 aromatic rings. The van der Waals surface area contributed by atoms with Crippen molar-refractivity contribution in [1.82, 2.24) is 0 Å². The van der Waals surface area contributed by atoms with Gasteiger partial charge in [-0.25, -0.2) is 0 Å². The summed E-state index contributed by atoms with van der Waals surface area (Å²) in [6.45, 7) is 2.09. The molecule has 4 heteroatoms. The van der Waals surface area contributed by atoms with Gasteiger partial charge in [-0.3, -0.25) is 0 Å². The normalized spacial score (nSPS) is 10.3. The Morgan fingerprint density at radius 3 is 2.53 bits per heavy atom. The number of aryl methyl sites for hydroxylation is 1. The largest absolute Gasteiger partial charge is 0.497 e. The quantitative estimate of drug-likeness (QED) is 0.575. The van der Waals surface area contributed by atoms with E-state index in [2.05, 4.69) is 19.1 Å². The van der Waals surface area contributed by atoms with E-state index in [1.807, 2.05) is 12.1 Å². The van der Waals surface area contributed by atoms with Crippen molar-refractivity contribution in [3.05, 3.63) is 33.7 Å². The van der Waals surface area contributed by atoms with Gasteiger partial charge < -0.3 is 4.74 Å². The maximum absolute atomic E-state index is 5.18. The summed E-state index contributed by atoms with van der Waals surface area (Å²) in [5.41, 5.74) is 2.46. The molecule has 0 N–H and O–H groups in total. The zero-order valence-electron chi connectivity index (χ0n) is 8.44. The number of benzene rings is 1. The number of hydrogen-bond donors (Lipinski definition) is 0. The Kier molecular flexibility index (Phi) is 3.19. The van der Waals surface area contributed by atoms with Gasteiger partial charge in [0.1, 0.15) is 9.57 Å². The molecule has 0 atom stereocenters. The smallest absolute Gasteiger partial charge is 0.119 e. The van der Waals surface area contributed by atoms with Crippen LogP contribution in [0.3, 0.4) is 0 Å². The highest BCUT2D eigenvalue weighted by Crippen LogP contribution is 2.33. The van der Waals surface area contributed by atoms with Crippen molar-refractivity contribution in [2.75, 3.05) is 7.11 Å². The van der Waals surface area contributed by atoms with Gasteiger partial charge in [0.2, 0.25) is 0 Å². The van der Waals surface area contributed by atoms with Crippen molar-refractivity contribution in [2.45, 2.75) is 6.92 Å². The minimum absolute atomic E-state index is 0.898. The lowest BCUT2D eigenvalue weighted by molar-refractivity contribution is 0.414. The Morgan fingerprint density at radius 1 is 1.20 bits per heavy atom. The predicted octanol–water partition coefficient (Wildman–Crippen LogP) is 4.52. The Morgan fingerprint density at radius 2 is 2.00 bits per heavy atom. The molecule has 1 aromatic carbocycles. The van der Waals surface area contributed by atoms with Crippen molar-refractivity contribution < 1.29 is 4.74 Å². The van der Waals surface area contributed by atoms with Crippen LogP contribution in [0.2, 0.25) is 0 Å². The molecule has 0 bridgehead atoms. The van der Waals surface area contributed by atoms with E-state index in [9.17, 15) is 0 Å². The third-order valence-corrected chi connectivity index (χ3v) is 5.06. The van der Waals surface area contributed by atoms with E-state index in [1.54, 1.807) is 27.8 Å². The van der Waals surface area contributed by atoms with Gasteiger partial charge in [-0.1, -0.05) is 32.9 Å². The zero-order chi connectivity index (χ0) is 10.8. The third-order valence-electron chi connectivity index (χ3n) is 2.16. The SMILES string of the molecule is COc1ccc(-c2cc(=S)ss2)c(C)c1. The van der Waals surface area contributed by atoms with Crippen molar-refractivity contribution in [1.29, 1.82) is 0 Å². The molecule has 78 valence electrons. The van der Waals surface area contributed by atoms with Gasteiger partial charge in [-0.05, 0) is 42.3 Å². The molecular weight excluding hydrogens is 244 g/mol. The molecule has 0 aliphatic heterocycles. The van der Waals surface area contributed by atoms with Crippen LogP contribution in [0.1, 0.15) is 5.56 Å². The van der Waals surface area contributed by atoms with Gasteiger partial charge >= 0.3 is 0 Å². The van der Waals surface area contributed by atoms with Gasteiger partial charge in [-0.2, -0.15) is 0 Å². The Balaban J connectivity index is 2.49. The molecule has 1 nitrogen and oxygen atoms in total. The lowest BCUT2D eigenvalue weighted by atomic mass is 10.1. The van der Waals surface area contributed by atoms with Crippen LogP contribution in [0, 0.1) is 10.7 Å². The van der Waals surface area contributed by atoms with E-state index >= 15 is 0 Å². The van der Waals surface area contributed by atoms with Crippen LogP contribution in [0.15, 0.2) is 24.3 Å². The molecule has 0 aliphatic carbocycles. The third kappa shape index (κ3) is 2.27. The summed E-state index contributed by atoms with van der Waals surface area (Å²) in [4.78, 5) is 1.24. The fourth-order valence-corrected chi connectivity index (χ4v) is 3.87. The summed E-state index contributed by atoms with van der Waals surface area (Å²) in [7, 11) is 5.05. The van der Waals surface area contributed by atoms with Crippen LogP contribution in [0.4, 0.5) is 0 Å². The number of hydrogen-bond acceptors (Lipinski definition) is 4. The summed E-state index contributed by atoms with van der Waals surface area (Å²) in [5.74, 6) is 0.898. The van der Waals surface area contributed by atoms with Crippen LogP contribution in [-0.4, -0.2) is 7.11 Å². The van der Waals surface area contributed by atoms with Crippen LogP contribution in [0.25, 0.3) is 10.4 Å².